The molecular formula is C27H30FN7O3. The smallest absolute Gasteiger partial charge is 0.266 e. The van der Waals surface area contributed by atoms with Crippen LogP contribution in [0.25, 0.3) is 0 Å². The number of benzene rings is 2. The van der Waals surface area contributed by atoms with Gasteiger partial charge in [-0.05, 0) is 44.3 Å². The van der Waals surface area contributed by atoms with Crippen LogP contribution < -0.4 is 25.2 Å². The SMILES string of the molecule is COc1cc(C(=O)NC2CN(C)C2)ccc1Nc1ncc2c(n1)N(c1ccccc1)CC(C)(F)C(=O)N2C. The number of amides is 2. The van der Waals surface area contributed by atoms with Crippen LogP contribution in [0.5, 0.6) is 5.75 Å². The number of nitrogens with zero attached hydrogens (tertiary/aromatic N) is 5. The van der Waals surface area contributed by atoms with Crippen molar-refractivity contribution in [2.24, 2.45) is 0 Å². The van der Waals surface area contributed by atoms with Crippen LogP contribution in [0.1, 0.15) is 17.3 Å². The van der Waals surface area contributed by atoms with E-state index in [4.69, 9.17) is 4.74 Å². The van der Waals surface area contributed by atoms with E-state index in [9.17, 15) is 9.59 Å². The molecule has 2 amide bonds. The molecule has 1 unspecified atom stereocenters. The van der Waals surface area contributed by atoms with Crippen LogP contribution >= 0.6 is 0 Å². The second kappa shape index (κ2) is 9.90. The molecule has 2 aliphatic rings. The Hall–Kier alpha value is -4.25. The number of hydrogen-bond acceptors (Lipinski definition) is 8. The summed E-state index contributed by atoms with van der Waals surface area (Å²) in [5.41, 5.74) is -0.0512. The third-order valence-corrected chi connectivity index (χ3v) is 6.75. The molecule has 2 aliphatic heterocycles. The summed E-state index contributed by atoms with van der Waals surface area (Å²) in [5.74, 6) is 0.193. The lowest BCUT2D eigenvalue weighted by atomic mass is 10.1. The highest BCUT2D eigenvalue weighted by atomic mass is 19.1. The highest BCUT2D eigenvalue weighted by molar-refractivity contribution is 6.03. The molecule has 3 heterocycles. The normalized spacial score (nSPS) is 19.9. The lowest BCUT2D eigenvalue weighted by Crippen LogP contribution is -2.57. The van der Waals surface area contributed by atoms with Crippen molar-refractivity contribution < 1.29 is 18.7 Å². The quantitative estimate of drug-likeness (QED) is 0.512. The second-order valence-corrected chi connectivity index (χ2v) is 9.82. The van der Waals surface area contributed by atoms with Crippen molar-refractivity contribution in [3.05, 3.63) is 60.3 Å². The fourth-order valence-corrected chi connectivity index (χ4v) is 4.70. The molecule has 0 spiro atoms. The zero-order valence-corrected chi connectivity index (χ0v) is 21.7. The van der Waals surface area contributed by atoms with Crippen molar-refractivity contribution >= 4 is 40.6 Å². The molecule has 0 bridgehead atoms. The summed E-state index contributed by atoms with van der Waals surface area (Å²) in [7, 11) is 5.03. The zero-order chi connectivity index (χ0) is 27.0. The van der Waals surface area contributed by atoms with E-state index < -0.39 is 11.6 Å². The molecule has 2 aromatic carbocycles. The molecule has 3 aromatic rings. The largest absolute Gasteiger partial charge is 0.495 e. The maximum atomic E-state index is 15.5. The molecular weight excluding hydrogens is 489 g/mol. The Bertz CT molecular complexity index is 1360. The van der Waals surface area contributed by atoms with Crippen molar-refractivity contribution in [2.45, 2.75) is 18.6 Å². The summed E-state index contributed by atoms with van der Waals surface area (Å²) in [6.45, 7) is 2.70. The Labute approximate surface area is 220 Å². The Morgan fingerprint density at radius 1 is 1.16 bits per heavy atom. The van der Waals surface area contributed by atoms with E-state index in [0.717, 1.165) is 13.1 Å². The molecule has 10 nitrogen and oxygen atoms in total. The fraction of sp³-hybridized carbons (Fsp3) is 0.333. The lowest BCUT2D eigenvalue weighted by Gasteiger charge is -2.36. The molecule has 2 N–H and O–H groups in total. The predicted molar refractivity (Wildman–Crippen MR) is 143 cm³/mol. The minimum absolute atomic E-state index is 0.132. The van der Waals surface area contributed by atoms with Crippen LogP contribution in [0.4, 0.5) is 33.2 Å². The van der Waals surface area contributed by atoms with E-state index in [2.05, 4.69) is 25.5 Å². The number of nitrogens with one attached hydrogen (secondary N) is 2. The average Bonchev–Trinajstić information content (AvgIpc) is 2.97. The number of hydrogen-bond donors (Lipinski definition) is 2. The number of halogens is 1. The number of aromatic nitrogens is 2. The number of carbonyl (C=O) groups excluding carboxylic acids is 2. The van der Waals surface area contributed by atoms with Crippen LogP contribution in [-0.2, 0) is 4.79 Å². The van der Waals surface area contributed by atoms with E-state index >= 15 is 4.39 Å². The van der Waals surface area contributed by atoms with Crippen LogP contribution in [0, 0.1) is 0 Å². The fourth-order valence-electron chi connectivity index (χ4n) is 4.70. The summed E-state index contributed by atoms with van der Waals surface area (Å²) >= 11 is 0. The number of anilines is 5. The highest BCUT2D eigenvalue weighted by Crippen LogP contribution is 2.39. The predicted octanol–water partition coefficient (Wildman–Crippen LogP) is 3.12. The van der Waals surface area contributed by atoms with Gasteiger partial charge >= 0.3 is 0 Å². The van der Waals surface area contributed by atoms with E-state index in [0.29, 0.717) is 34.2 Å². The Balaban J connectivity index is 1.45. The molecule has 0 saturated carbocycles. The number of fused-ring (bicyclic) bond motifs is 1. The maximum absolute atomic E-state index is 15.5. The Kier molecular flexibility index (Phi) is 6.62. The molecule has 198 valence electrons. The number of methoxy groups -OCH3 is 1. The van der Waals surface area contributed by atoms with Gasteiger partial charge < -0.3 is 30.1 Å². The topological polar surface area (TPSA) is 103 Å². The molecule has 1 aromatic heterocycles. The Morgan fingerprint density at radius 3 is 2.58 bits per heavy atom. The van der Waals surface area contributed by atoms with Crippen molar-refractivity contribution in [2.75, 3.05) is 56.0 Å². The van der Waals surface area contributed by atoms with Crippen LogP contribution in [-0.4, -0.2) is 79.2 Å². The van der Waals surface area contributed by atoms with Crippen molar-refractivity contribution in [3.63, 3.8) is 0 Å². The number of rotatable bonds is 6. The maximum Gasteiger partial charge on any atom is 0.266 e. The van der Waals surface area contributed by atoms with Gasteiger partial charge in [-0.1, -0.05) is 18.2 Å². The van der Waals surface area contributed by atoms with Gasteiger partial charge in [-0.15, -0.1) is 0 Å². The van der Waals surface area contributed by atoms with Crippen LogP contribution in [0.2, 0.25) is 0 Å². The van der Waals surface area contributed by atoms with Crippen molar-refractivity contribution in [1.29, 1.82) is 0 Å². The summed E-state index contributed by atoms with van der Waals surface area (Å²) in [6, 6.07) is 14.4. The second-order valence-electron chi connectivity index (χ2n) is 9.82. The van der Waals surface area contributed by atoms with Gasteiger partial charge in [-0.3, -0.25) is 9.59 Å². The Morgan fingerprint density at radius 2 is 1.89 bits per heavy atom. The van der Waals surface area contributed by atoms with Gasteiger partial charge in [0.15, 0.2) is 5.82 Å². The van der Waals surface area contributed by atoms with E-state index in [1.807, 2.05) is 37.4 Å². The first-order chi connectivity index (χ1) is 18.2. The molecule has 0 radical (unpaired) electrons. The number of ether oxygens (including phenoxy) is 1. The van der Waals surface area contributed by atoms with Crippen LogP contribution in [0.3, 0.4) is 0 Å². The first-order valence-corrected chi connectivity index (χ1v) is 12.3. The first kappa shape index (κ1) is 25.4. The summed E-state index contributed by atoms with van der Waals surface area (Å²) in [4.78, 5) is 39.6. The van der Waals surface area contributed by atoms with Gasteiger partial charge in [0.05, 0.1) is 31.6 Å². The summed E-state index contributed by atoms with van der Waals surface area (Å²) < 4.78 is 21.0. The highest BCUT2D eigenvalue weighted by Gasteiger charge is 2.43. The zero-order valence-electron chi connectivity index (χ0n) is 21.7. The van der Waals surface area contributed by atoms with Gasteiger partial charge in [0.1, 0.15) is 11.4 Å². The monoisotopic (exact) mass is 519 g/mol. The number of carbonyl (C=O) groups is 2. The number of likely N-dealkylation sites (N-methyl/N-ethyl adjacent to an activating group) is 1. The molecule has 5 rings (SSSR count). The van der Waals surface area contributed by atoms with Crippen molar-refractivity contribution in [1.82, 2.24) is 20.2 Å². The first-order valence-electron chi connectivity index (χ1n) is 12.3. The van der Waals surface area contributed by atoms with Crippen LogP contribution in [0.15, 0.2) is 54.7 Å². The number of para-hydroxylation sites is 1. The van der Waals surface area contributed by atoms with Gasteiger partial charge in [0.25, 0.3) is 11.8 Å². The summed E-state index contributed by atoms with van der Waals surface area (Å²) in [5, 5.41) is 6.15. The third kappa shape index (κ3) is 4.84. The number of likely N-dealkylation sites (tertiary alicyclic amines) is 1. The van der Waals surface area contributed by atoms with Gasteiger partial charge in [0, 0.05) is 31.4 Å². The minimum Gasteiger partial charge on any atom is -0.495 e. The molecule has 1 saturated heterocycles. The molecule has 38 heavy (non-hydrogen) atoms. The summed E-state index contributed by atoms with van der Waals surface area (Å²) in [6.07, 6.45) is 1.49. The number of alkyl halides is 1. The average molecular weight is 520 g/mol. The van der Waals surface area contributed by atoms with E-state index in [1.165, 1.54) is 32.2 Å². The molecule has 1 fully saturated rings. The lowest BCUT2D eigenvalue weighted by molar-refractivity contribution is -0.127. The third-order valence-electron chi connectivity index (χ3n) is 6.75. The van der Waals surface area contributed by atoms with Gasteiger partial charge in [0.2, 0.25) is 11.6 Å². The molecule has 0 aliphatic carbocycles. The van der Waals surface area contributed by atoms with E-state index in [1.54, 1.807) is 23.1 Å². The van der Waals surface area contributed by atoms with Gasteiger partial charge in [-0.25, -0.2) is 9.37 Å². The van der Waals surface area contributed by atoms with Gasteiger partial charge in [-0.2, -0.15) is 4.98 Å². The van der Waals surface area contributed by atoms with Crippen molar-refractivity contribution in [3.8, 4) is 5.75 Å². The molecule has 11 heteroatoms. The standard InChI is InChI=1S/C27H30FN7O3/c1-27(28)16-35(19-8-6-5-7-9-19)23-21(34(3)25(27)37)13-29-26(32-23)31-20-11-10-17(12-22(20)38-4)24(36)30-18-14-33(2)15-18/h5-13,18H,14-16H2,1-4H3,(H,30,36)(H,29,31,32). The minimum atomic E-state index is -2.15. The van der Waals surface area contributed by atoms with E-state index in [-0.39, 0.29) is 24.4 Å². The molecule has 1 atom stereocenters.